The van der Waals surface area contributed by atoms with Crippen LogP contribution in [0.4, 0.5) is 0 Å². The van der Waals surface area contributed by atoms with Crippen LogP contribution in [-0.4, -0.2) is 27.1 Å². The molecule has 1 unspecified atom stereocenters. The fourth-order valence-electron chi connectivity index (χ4n) is 2.96. The Hall–Kier alpha value is 0.0969. The van der Waals surface area contributed by atoms with Crippen molar-refractivity contribution < 1.29 is 13.3 Å². The van der Waals surface area contributed by atoms with Crippen LogP contribution in [0.5, 0.6) is 0 Å². The Kier molecular flexibility index (Phi) is 10.0. The summed E-state index contributed by atoms with van der Waals surface area (Å²) in [4.78, 5) is 0. The van der Waals surface area contributed by atoms with Gasteiger partial charge in [-0.3, -0.25) is 0 Å². The topological polar surface area (TPSA) is 27.7 Å². The molecule has 0 saturated carbocycles. The molecule has 0 aliphatic carbocycles. The van der Waals surface area contributed by atoms with Crippen molar-refractivity contribution >= 4 is 8.80 Å². The Balaban J connectivity index is 5.21. The Bertz CT molecular complexity index is 236. The van der Waals surface area contributed by atoms with E-state index in [9.17, 15) is 0 Å². The van der Waals surface area contributed by atoms with Crippen molar-refractivity contribution in [1.82, 2.24) is 0 Å². The fourth-order valence-corrected chi connectivity index (χ4v) is 6.69. The molecule has 0 rings (SSSR count). The SMILES string of the molecule is CCC(CC)C(C)C[Si](OC(C)C)(OC(C)C)OC(C)C. The van der Waals surface area contributed by atoms with Gasteiger partial charge in [0.15, 0.2) is 0 Å². The van der Waals surface area contributed by atoms with Crippen molar-refractivity contribution in [2.24, 2.45) is 11.8 Å². The molecular weight excluding hydrogens is 280 g/mol. The second kappa shape index (κ2) is 9.98. The number of hydrogen-bond donors (Lipinski definition) is 0. The predicted octanol–water partition coefficient (Wildman–Crippen LogP) is 5.27. The highest BCUT2D eigenvalue weighted by molar-refractivity contribution is 6.61. The van der Waals surface area contributed by atoms with E-state index < -0.39 is 8.80 Å². The molecule has 4 heteroatoms. The maximum Gasteiger partial charge on any atom is 0.501 e. The van der Waals surface area contributed by atoms with E-state index in [4.69, 9.17) is 13.3 Å². The van der Waals surface area contributed by atoms with E-state index in [1.807, 2.05) is 0 Å². The van der Waals surface area contributed by atoms with Gasteiger partial charge in [-0.1, -0.05) is 33.6 Å². The zero-order valence-corrected chi connectivity index (χ0v) is 16.7. The minimum absolute atomic E-state index is 0.128. The molecule has 0 heterocycles. The van der Waals surface area contributed by atoms with Gasteiger partial charge in [-0.2, -0.15) is 0 Å². The summed E-state index contributed by atoms with van der Waals surface area (Å²) in [5.74, 6) is 1.27. The third-order valence-corrected chi connectivity index (χ3v) is 7.31. The van der Waals surface area contributed by atoms with E-state index in [1.54, 1.807) is 0 Å². The Morgan fingerprint density at radius 1 is 0.667 bits per heavy atom. The summed E-state index contributed by atoms with van der Waals surface area (Å²) in [6, 6.07) is 0.911. The molecule has 0 aromatic carbocycles. The van der Waals surface area contributed by atoms with Gasteiger partial charge < -0.3 is 13.3 Å². The molecule has 1 atom stereocenters. The highest BCUT2D eigenvalue weighted by Gasteiger charge is 2.46. The van der Waals surface area contributed by atoms with E-state index in [0.717, 1.165) is 6.04 Å². The van der Waals surface area contributed by atoms with Crippen molar-refractivity contribution in [2.75, 3.05) is 0 Å². The lowest BCUT2D eigenvalue weighted by Crippen LogP contribution is -2.52. The van der Waals surface area contributed by atoms with Gasteiger partial charge in [0.1, 0.15) is 0 Å². The second-order valence-corrected chi connectivity index (χ2v) is 9.42. The van der Waals surface area contributed by atoms with Crippen LogP contribution in [0.15, 0.2) is 0 Å². The van der Waals surface area contributed by atoms with Gasteiger partial charge in [-0.25, -0.2) is 0 Å². The van der Waals surface area contributed by atoms with Crippen molar-refractivity contribution in [2.45, 2.75) is 99.5 Å². The molecule has 0 N–H and O–H groups in total. The average Bonchev–Trinajstić information content (AvgIpc) is 2.26. The van der Waals surface area contributed by atoms with Crippen LogP contribution in [0, 0.1) is 11.8 Å². The largest absolute Gasteiger partial charge is 0.501 e. The first-order valence-electron chi connectivity index (χ1n) is 8.69. The summed E-state index contributed by atoms with van der Waals surface area (Å²) in [6.07, 6.45) is 2.79. The van der Waals surface area contributed by atoms with E-state index in [2.05, 4.69) is 62.3 Å². The minimum Gasteiger partial charge on any atom is -0.371 e. The standard InChI is InChI=1S/C17H38O3Si/c1-10-17(11-2)16(9)12-21(18-13(3)4,19-14(5)6)20-15(7)8/h13-17H,10-12H2,1-9H3. The van der Waals surface area contributed by atoms with Crippen LogP contribution in [0.2, 0.25) is 6.04 Å². The van der Waals surface area contributed by atoms with Gasteiger partial charge in [-0.05, 0) is 53.4 Å². The zero-order valence-electron chi connectivity index (χ0n) is 15.7. The zero-order chi connectivity index (χ0) is 16.6. The smallest absolute Gasteiger partial charge is 0.371 e. The Labute approximate surface area is 134 Å². The van der Waals surface area contributed by atoms with Crippen molar-refractivity contribution in [1.29, 1.82) is 0 Å². The van der Waals surface area contributed by atoms with E-state index in [0.29, 0.717) is 11.8 Å². The van der Waals surface area contributed by atoms with Crippen LogP contribution in [-0.2, 0) is 13.3 Å². The van der Waals surface area contributed by atoms with Crippen LogP contribution in [0.1, 0.15) is 75.2 Å². The third kappa shape index (κ3) is 8.34. The first kappa shape index (κ1) is 21.1. The van der Waals surface area contributed by atoms with Gasteiger partial charge in [0.25, 0.3) is 0 Å². The maximum absolute atomic E-state index is 6.26. The van der Waals surface area contributed by atoms with Gasteiger partial charge >= 0.3 is 8.80 Å². The first-order chi connectivity index (χ1) is 9.65. The molecule has 0 bridgehead atoms. The lowest BCUT2D eigenvalue weighted by Gasteiger charge is -2.37. The highest BCUT2D eigenvalue weighted by Crippen LogP contribution is 2.32. The van der Waals surface area contributed by atoms with Crippen LogP contribution in [0.3, 0.4) is 0 Å². The monoisotopic (exact) mass is 318 g/mol. The Morgan fingerprint density at radius 2 is 1.00 bits per heavy atom. The average molecular weight is 319 g/mol. The van der Waals surface area contributed by atoms with Crippen LogP contribution < -0.4 is 0 Å². The van der Waals surface area contributed by atoms with Crippen LogP contribution in [0.25, 0.3) is 0 Å². The van der Waals surface area contributed by atoms with E-state index in [-0.39, 0.29) is 18.3 Å². The molecule has 0 spiro atoms. The first-order valence-corrected chi connectivity index (χ1v) is 10.6. The van der Waals surface area contributed by atoms with Gasteiger partial charge in [-0.15, -0.1) is 0 Å². The molecular formula is C17H38O3Si. The van der Waals surface area contributed by atoms with Crippen LogP contribution >= 0.6 is 0 Å². The molecule has 21 heavy (non-hydrogen) atoms. The van der Waals surface area contributed by atoms with E-state index in [1.165, 1.54) is 12.8 Å². The fraction of sp³-hybridized carbons (Fsp3) is 1.00. The summed E-state index contributed by atoms with van der Waals surface area (Å²) < 4.78 is 18.8. The van der Waals surface area contributed by atoms with Crippen molar-refractivity contribution in [3.05, 3.63) is 0 Å². The lowest BCUT2D eigenvalue weighted by molar-refractivity contribution is -0.00111. The van der Waals surface area contributed by atoms with Gasteiger partial charge in [0.05, 0.1) is 0 Å². The summed E-state index contributed by atoms with van der Waals surface area (Å²) in [6.45, 7) is 19.2. The minimum atomic E-state index is -2.64. The molecule has 3 nitrogen and oxygen atoms in total. The summed E-state index contributed by atoms with van der Waals surface area (Å²) >= 11 is 0. The molecule has 0 aliphatic heterocycles. The second-order valence-electron chi connectivity index (χ2n) is 6.94. The predicted molar refractivity (Wildman–Crippen MR) is 92.5 cm³/mol. The van der Waals surface area contributed by atoms with Crippen molar-refractivity contribution in [3.63, 3.8) is 0 Å². The number of hydrogen-bond acceptors (Lipinski definition) is 3. The highest BCUT2D eigenvalue weighted by atomic mass is 28.4. The molecule has 0 amide bonds. The van der Waals surface area contributed by atoms with E-state index >= 15 is 0 Å². The van der Waals surface area contributed by atoms with Crippen molar-refractivity contribution in [3.8, 4) is 0 Å². The maximum atomic E-state index is 6.26. The summed E-state index contributed by atoms with van der Waals surface area (Å²) in [7, 11) is -2.64. The molecule has 0 aliphatic rings. The number of rotatable bonds is 11. The van der Waals surface area contributed by atoms with Gasteiger partial charge in [0, 0.05) is 24.4 Å². The molecule has 0 saturated heterocycles. The Morgan fingerprint density at radius 3 is 1.24 bits per heavy atom. The summed E-state index contributed by atoms with van der Waals surface area (Å²) in [5, 5.41) is 0. The molecule has 128 valence electrons. The molecule has 0 aromatic rings. The normalized spacial score (nSPS) is 14.7. The third-order valence-electron chi connectivity index (χ3n) is 3.67. The van der Waals surface area contributed by atoms with Gasteiger partial charge in [0.2, 0.25) is 0 Å². The molecule has 0 aromatic heterocycles. The molecule has 0 radical (unpaired) electrons. The summed E-state index contributed by atoms with van der Waals surface area (Å²) in [5.41, 5.74) is 0. The molecule has 0 fully saturated rings. The quantitative estimate of drug-likeness (QED) is 0.485. The lowest BCUT2D eigenvalue weighted by atomic mass is 9.91.